The van der Waals surface area contributed by atoms with Crippen LogP contribution in [-0.4, -0.2) is 37.8 Å². The Hall–Kier alpha value is -1.98. The Morgan fingerprint density at radius 2 is 2.00 bits per heavy atom. The first-order valence-electron chi connectivity index (χ1n) is 6.63. The second-order valence-corrected chi connectivity index (χ2v) is 5.01. The van der Waals surface area contributed by atoms with Crippen molar-refractivity contribution in [3.05, 3.63) is 30.2 Å². The Morgan fingerprint density at radius 1 is 1.21 bits per heavy atom. The highest BCUT2D eigenvalue weighted by atomic mass is 15.3. The van der Waals surface area contributed by atoms with Gasteiger partial charge in [0, 0.05) is 19.3 Å². The minimum absolute atomic E-state index is 0.455. The highest BCUT2D eigenvalue weighted by Gasteiger charge is 2.23. The summed E-state index contributed by atoms with van der Waals surface area (Å²) in [5, 5.41) is 4.23. The van der Waals surface area contributed by atoms with Crippen LogP contribution in [0.25, 0.3) is 0 Å². The van der Waals surface area contributed by atoms with Crippen LogP contribution in [0.3, 0.4) is 0 Å². The molecule has 0 spiro atoms. The first-order chi connectivity index (χ1) is 9.24. The molecule has 19 heavy (non-hydrogen) atoms. The van der Waals surface area contributed by atoms with E-state index in [1.54, 1.807) is 12.7 Å². The van der Waals surface area contributed by atoms with Crippen LogP contribution >= 0.6 is 0 Å². The van der Waals surface area contributed by atoms with E-state index in [-0.39, 0.29) is 0 Å². The van der Waals surface area contributed by atoms with Gasteiger partial charge in [0.05, 0.1) is 17.4 Å². The van der Waals surface area contributed by atoms with Gasteiger partial charge in [-0.15, -0.1) is 0 Å². The van der Waals surface area contributed by atoms with Crippen molar-refractivity contribution >= 4 is 5.82 Å². The lowest BCUT2D eigenvalue weighted by Crippen LogP contribution is -2.36. The Balaban J connectivity index is 1.71. The zero-order valence-electron chi connectivity index (χ0n) is 11.3. The molecule has 2 aromatic heterocycles. The third kappa shape index (κ3) is 2.43. The zero-order valence-corrected chi connectivity index (χ0v) is 11.3. The van der Waals surface area contributed by atoms with Crippen molar-refractivity contribution < 1.29 is 0 Å². The molecule has 0 aromatic carbocycles. The molecular weight excluding hydrogens is 240 g/mol. The van der Waals surface area contributed by atoms with Crippen molar-refractivity contribution in [1.29, 1.82) is 0 Å². The summed E-state index contributed by atoms with van der Waals surface area (Å²) >= 11 is 0. The predicted octanol–water partition coefficient (Wildman–Crippen LogP) is 1.53. The Morgan fingerprint density at radius 3 is 2.68 bits per heavy atom. The van der Waals surface area contributed by atoms with Gasteiger partial charge in [-0.1, -0.05) is 0 Å². The monoisotopic (exact) mass is 258 g/mol. The number of rotatable bonds is 2. The molecule has 0 amide bonds. The van der Waals surface area contributed by atoms with Gasteiger partial charge in [0.2, 0.25) is 0 Å². The molecule has 0 aliphatic carbocycles. The van der Waals surface area contributed by atoms with Crippen LogP contribution in [-0.2, 0) is 0 Å². The van der Waals surface area contributed by atoms with Crippen LogP contribution in [0, 0.1) is 13.8 Å². The molecular formula is C13H18N6. The second-order valence-electron chi connectivity index (χ2n) is 5.01. The van der Waals surface area contributed by atoms with Crippen LogP contribution in [0.15, 0.2) is 18.9 Å². The van der Waals surface area contributed by atoms with Gasteiger partial charge >= 0.3 is 0 Å². The van der Waals surface area contributed by atoms with E-state index < -0.39 is 0 Å². The van der Waals surface area contributed by atoms with E-state index in [1.165, 1.54) is 0 Å². The van der Waals surface area contributed by atoms with E-state index in [4.69, 9.17) is 0 Å². The van der Waals surface area contributed by atoms with Crippen LogP contribution in [0.4, 0.5) is 5.82 Å². The number of aryl methyl sites for hydroxylation is 2. The predicted molar refractivity (Wildman–Crippen MR) is 72.0 cm³/mol. The lowest BCUT2D eigenvalue weighted by molar-refractivity contribution is 0.364. The molecule has 0 radical (unpaired) electrons. The van der Waals surface area contributed by atoms with E-state index in [1.807, 2.05) is 24.7 Å². The molecule has 1 aliphatic heterocycles. The van der Waals surface area contributed by atoms with Gasteiger partial charge in [0.15, 0.2) is 0 Å². The zero-order chi connectivity index (χ0) is 13.2. The molecule has 6 nitrogen and oxygen atoms in total. The molecule has 1 saturated heterocycles. The number of aromatic nitrogens is 5. The maximum atomic E-state index is 4.61. The van der Waals surface area contributed by atoms with Gasteiger partial charge in [-0.2, -0.15) is 5.10 Å². The molecule has 0 N–H and O–H groups in total. The summed E-state index contributed by atoms with van der Waals surface area (Å²) in [6.07, 6.45) is 7.36. The lowest BCUT2D eigenvalue weighted by atomic mass is 10.1. The Labute approximate surface area is 112 Å². The molecule has 1 fully saturated rings. The van der Waals surface area contributed by atoms with Crippen molar-refractivity contribution in [2.24, 2.45) is 0 Å². The minimum Gasteiger partial charge on any atom is -0.355 e. The van der Waals surface area contributed by atoms with Crippen molar-refractivity contribution in [3.63, 3.8) is 0 Å². The van der Waals surface area contributed by atoms with Crippen molar-refractivity contribution in [3.8, 4) is 0 Å². The van der Waals surface area contributed by atoms with E-state index in [2.05, 4.69) is 25.0 Å². The molecule has 100 valence electrons. The van der Waals surface area contributed by atoms with Gasteiger partial charge in [-0.3, -0.25) is 4.98 Å². The van der Waals surface area contributed by atoms with Gasteiger partial charge < -0.3 is 4.90 Å². The highest BCUT2D eigenvalue weighted by molar-refractivity contribution is 5.43. The van der Waals surface area contributed by atoms with E-state index in [9.17, 15) is 0 Å². The van der Waals surface area contributed by atoms with Gasteiger partial charge in [-0.25, -0.2) is 14.6 Å². The summed E-state index contributed by atoms with van der Waals surface area (Å²) in [5.74, 6) is 1.03. The number of hydrogen-bond donors (Lipinski definition) is 0. The van der Waals surface area contributed by atoms with Gasteiger partial charge in [-0.05, 0) is 26.7 Å². The molecule has 0 unspecified atom stereocenters. The standard InChI is InChI=1S/C13H18N6/c1-10-7-15-11(2)13(17-10)18-5-3-12(4-6-18)19-9-14-8-16-19/h7-9,12H,3-6H2,1-2H3. The highest BCUT2D eigenvalue weighted by Crippen LogP contribution is 2.25. The van der Waals surface area contributed by atoms with Gasteiger partial charge in [0.1, 0.15) is 18.5 Å². The Bertz CT molecular complexity index is 542. The van der Waals surface area contributed by atoms with Crippen LogP contribution in [0.1, 0.15) is 30.3 Å². The van der Waals surface area contributed by atoms with Crippen molar-refractivity contribution in [1.82, 2.24) is 24.7 Å². The van der Waals surface area contributed by atoms with Crippen LogP contribution in [0.5, 0.6) is 0 Å². The summed E-state index contributed by atoms with van der Waals surface area (Å²) in [5.41, 5.74) is 1.98. The minimum atomic E-state index is 0.455. The molecule has 3 heterocycles. The fourth-order valence-electron chi connectivity index (χ4n) is 2.57. The largest absolute Gasteiger partial charge is 0.355 e. The fourth-order valence-corrected chi connectivity index (χ4v) is 2.57. The smallest absolute Gasteiger partial charge is 0.150 e. The van der Waals surface area contributed by atoms with Crippen LogP contribution in [0.2, 0.25) is 0 Å². The average Bonchev–Trinajstić information content (AvgIpc) is 2.96. The summed E-state index contributed by atoms with van der Waals surface area (Å²) in [6.45, 7) is 5.98. The lowest BCUT2D eigenvalue weighted by Gasteiger charge is -2.33. The summed E-state index contributed by atoms with van der Waals surface area (Å²) in [6, 6.07) is 0.455. The third-order valence-electron chi connectivity index (χ3n) is 3.63. The van der Waals surface area contributed by atoms with Crippen molar-refractivity contribution in [2.75, 3.05) is 18.0 Å². The van der Waals surface area contributed by atoms with Gasteiger partial charge in [0.25, 0.3) is 0 Å². The molecule has 0 bridgehead atoms. The fraction of sp³-hybridized carbons (Fsp3) is 0.538. The maximum absolute atomic E-state index is 4.61. The molecule has 0 atom stereocenters. The summed E-state index contributed by atoms with van der Waals surface area (Å²) in [4.78, 5) is 15.3. The maximum Gasteiger partial charge on any atom is 0.150 e. The van der Waals surface area contributed by atoms with Crippen LogP contribution < -0.4 is 4.90 Å². The summed E-state index contributed by atoms with van der Waals surface area (Å²) in [7, 11) is 0. The first-order valence-corrected chi connectivity index (χ1v) is 6.63. The second kappa shape index (κ2) is 4.95. The van der Waals surface area contributed by atoms with E-state index in [0.29, 0.717) is 6.04 Å². The normalized spacial score (nSPS) is 16.8. The molecule has 1 aliphatic rings. The molecule has 2 aromatic rings. The Kier molecular flexibility index (Phi) is 3.15. The SMILES string of the molecule is Cc1cnc(C)c(N2CCC(n3cncn3)CC2)n1. The molecule has 6 heteroatoms. The quantitative estimate of drug-likeness (QED) is 0.817. The topological polar surface area (TPSA) is 59.7 Å². The van der Waals surface area contributed by atoms with E-state index >= 15 is 0 Å². The third-order valence-corrected chi connectivity index (χ3v) is 3.63. The molecule has 3 rings (SSSR count). The number of nitrogens with zero attached hydrogens (tertiary/aromatic N) is 6. The van der Waals surface area contributed by atoms with E-state index in [0.717, 1.165) is 43.1 Å². The molecule has 0 saturated carbocycles. The van der Waals surface area contributed by atoms with Crippen molar-refractivity contribution in [2.45, 2.75) is 32.7 Å². The number of hydrogen-bond acceptors (Lipinski definition) is 5. The summed E-state index contributed by atoms with van der Waals surface area (Å²) < 4.78 is 1.96. The first kappa shape index (κ1) is 12.1. The number of anilines is 1. The number of piperidine rings is 1. The average molecular weight is 258 g/mol.